The number of amides is 2. The van der Waals surface area contributed by atoms with E-state index in [1.54, 1.807) is 17.0 Å². The molecule has 2 aliphatic rings. The Bertz CT molecular complexity index is 1010. The van der Waals surface area contributed by atoms with Crippen molar-refractivity contribution in [3.05, 3.63) is 23.8 Å². The average molecular weight is 409 g/mol. The number of nitriles is 1. The quantitative estimate of drug-likeness (QED) is 0.774. The molecule has 0 unspecified atom stereocenters. The van der Waals surface area contributed by atoms with Crippen LogP contribution in [0.2, 0.25) is 0 Å². The highest BCUT2D eigenvalue weighted by Crippen LogP contribution is 2.34. The molecule has 0 aliphatic carbocycles. The number of hydrogen-bond donors (Lipinski definition) is 2. The van der Waals surface area contributed by atoms with Crippen molar-refractivity contribution in [3.63, 3.8) is 0 Å². The van der Waals surface area contributed by atoms with Gasteiger partial charge in [0.05, 0.1) is 23.1 Å². The van der Waals surface area contributed by atoms with Crippen molar-refractivity contribution in [2.75, 3.05) is 52.2 Å². The number of nitrogens with one attached hydrogen (secondary N) is 2. The molecule has 2 fully saturated rings. The van der Waals surface area contributed by atoms with E-state index in [0.717, 1.165) is 30.1 Å². The maximum absolute atomic E-state index is 12.9. The highest BCUT2D eigenvalue weighted by Gasteiger charge is 2.46. The molecule has 1 aromatic heterocycles. The van der Waals surface area contributed by atoms with Gasteiger partial charge in [-0.05, 0) is 51.2 Å². The second-order valence-corrected chi connectivity index (χ2v) is 8.56. The van der Waals surface area contributed by atoms with Gasteiger partial charge in [-0.15, -0.1) is 0 Å². The van der Waals surface area contributed by atoms with Crippen LogP contribution in [0.15, 0.2) is 18.2 Å². The van der Waals surface area contributed by atoms with Crippen LogP contribution in [0.3, 0.4) is 0 Å². The number of hydrogen-bond acceptors (Lipinski definition) is 6. The van der Waals surface area contributed by atoms with E-state index in [-0.39, 0.29) is 17.9 Å². The third-order valence-corrected chi connectivity index (χ3v) is 6.12. The van der Waals surface area contributed by atoms with Gasteiger partial charge in [0.15, 0.2) is 0 Å². The van der Waals surface area contributed by atoms with E-state index in [4.69, 9.17) is 0 Å². The maximum atomic E-state index is 12.9. The van der Waals surface area contributed by atoms with E-state index >= 15 is 0 Å². The lowest BCUT2D eigenvalue weighted by atomic mass is 9.77. The van der Waals surface area contributed by atoms with Crippen LogP contribution < -0.4 is 10.2 Å². The molecule has 30 heavy (non-hydrogen) atoms. The lowest BCUT2D eigenvalue weighted by Gasteiger charge is -2.45. The molecule has 158 valence electrons. The van der Waals surface area contributed by atoms with Crippen LogP contribution in [0.5, 0.6) is 0 Å². The van der Waals surface area contributed by atoms with Crippen LogP contribution in [0.1, 0.15) is 23.2 Å². The Labute approximate surface area is 175 Å². The Balaban J connectivity index is 1.35. The smallest absolute Gasteiger partial charge is 0.251 e. The molecule has 2 aliphatic heterocycles. The number of nitrogens with zero attached hydrogens (tertiary/aromatic N) is 5. The lowest BCUT2D eigenvalue weighted by Crippen LogP contribution is -2.64. The fourth-order valence-corrected chi connectivity index (χ4v) is 4.03. The molecule has 0 bridgehead atoms. The molecule has 0 saturated carbocycles. The maximum Gasteiger partial charge on any atom is 0.251 e. The van der Waals surface area contributed by atoms with E-state index in [1.807, 2.05) is 32.1 Å². The van der Waals surface area contributed by atoms with Gasteiger partial charge in [0.2, 0.25) is 11.9 Å². The van der Waals surface area contributed by atoms with Crippen molar-refractivity contribution in [1.82, 2.24) is 25.1 Å². The second-order valence-electron chi connectivity index (χ2n) is 8.56. The number of aromatic amines is 1. The third-order valence-electron chi connectivity index (χ3n) is 6.12. The Morgan fingerprint density at radius 3 is 2.63 bits per heavy atom. The van der Waals surface area contributed by atoms with E-state index < -0.39 is 5.41 Å². The first-order valence-corrected chi connectivity index (χ1v) is 10.2. The van der Waals surface area contributed by atoms with Gasteiger partial charge in [-0.2, -0.15) is 5.26 Å². The highest BCUT2D eigenvalue weighted by atomic mass is 16.2. The van der Waals surface area contributed by atoms with Crippen LogP contribution in [-0.2, 0) is 4.79 Å². The number of fused-ring (bicyclic) bond motifs is 1. The van der Waals surface area contributed by atoms with E-state index in [0.29, 0.717) is 31.5 Å². The van der Waals surface area contributed by atoms with Crippen LogP contribution in [0.25, 0.3) is 11.0 Å². The minimum Gasteiger partial charge on any atom is -0.349 e. The third kappa shape index (κ3) is 3.59. The molecule has 0 atom stereocenters. The summed E-state index contributed by atoms with van der Waals surface area (Å²) in [5.41, 5.74) is 1.23. The van der Waals surface area contributed by atoms with Gasteiger partial charge in [0, 0.05) is 32.7 Å². The zero-order valence-corrected chi connectivity index (χ0v) is 17.6. The number of carbonyl (C=O) groups excluding carboxylic acids is 2. The number of anilines is 1. The summed E-state index contributed by atoms with van der Waals surface area (Å²) in [7, 11) is 5.80. The molecular formula is C21H27N7O2. The number of carbonyl (C=O) groups is 2. The number of imidazole rings is 1. The summed E-state index contributed by atoms with van der Waals surface area (Å²) < 4.78 is 0. The Kier molecular flexibility index (Phi) is 5.12. The van der Waals surface area contributed by atoms with E-state index in [2.05, 4.69) is 26.3 Å². The molecule has 9 nitrogen and oxygen atoms in total. The van der Waals surface area contributed by atoms with Crippen LogP contribution in [-0.4, -0.2) is 84.9 Å². The number of aromatic nitrogens is 2. The molecule has 1 aromatic carbocycles. The summed E-state index contributed by atoms with van der Waals surface area (Å²) in [4.78, 5) is 38.9. The van der Waals surface area contributed by atoms with Gasteiger partial charge in [0.1, 0.15) is 5.41 Å². The number of likely N-dealkylation sites (tertiary alicyclic amines) is 2. The number of rotatable bonds is 4. The minimum absolute atomic E-state index is 0.0984. The molecule has 2 N–H and O–H groups in total. The minimum atomic E-state index is -0.919. The summed E-state index contributed by atoms with van der Waals surface area (Å²) >= 11 is 0. The molecular weight excluding hydrogens is 382 g/mol. The van der Waals surface area contributed by atoms with Crippen molar-refractivity contribution in [3.8, 4) is 6.07 Å². The Morgan fingerprint density at radius 1 is 1.30 bits per heavy atom. The van der Waals surface area contributed by atoms with Gasteiger partial charge in [0.25, 0.3) is 5.91 Å². The van der Waals surface area contributed by atoms with Crippen LogP contribution in [0, 0.1) is 16.7 Å². The largest absolute Gasteiger partial charge is 0.349 e. The van der Waals surface area contributed by atoms with Gasteiger partial charge < -0.3 is 25.0 Å². The fourth-order valence-electron chi connectivity index (χ4n) is 4.03. The van der Waals surface area contributed by atoms with E-state index in [9.17, 15) is 14.9 Å². The number of H-pyrrole nitrogens is 1. The zero-order chi connectivity index (χ0) is 21.5. The molecule has 4 rings (SSSR count). The van der Waals surface area contributed by atoms with Gasteiger partial charge >= 0.3 is 0 Å². The molecule has 3 heterocycles. The Morgan fingerprint density at radius 2 is 2.00 bits per heavy atom. The average Bonchev–Trinajstić information content (AvgIpc) is 3.14. The number of benzene rings is 1. The SMILES string of the molecule is CN1CCC(C#N)(C(=O)N2CC(NC(=O)c3ccc4nc(N(C)C)[nH]c4c3)C2)CC1. The van der Waals surface area contributed by atoms with Gasteiger partial charge in [-0.3, -0.25) is 9.59 Å². The Hall–Kier alpha value is -3.12. The first-order valence-electron chi connectivity index (χ1n) is 10.2. The van der Waals surface area contributed by atoms with E-state index in [1.165, 1.54) is 0 Å². The van der Waals surface area contributed by atoms with Gasteiger partial charge in [-0.25, -0.2) is 4.98 Å². The molecule has 2 aromatic rings. The fraction of sp³-hybridized carbons (Fsp3) is 0.524. The monoisotopic (exact) mass is 409 g/mol. The molecule has 0 spiro atoms. The summed E-state index contributed by atoms with van der Waals surface area (Å²) in [5.74, 6) is 0.457. The van der Waals surface area contributed by atoms with Gasteiger partial charge in [-0.1, -0.05) is 0 Å². The molecule has 2 amide bonds. The van der Waals surface area contributed by atoms with Crippen molar-refractivity contribution in [1.29, 1.82) is 5.26 Å². The standard InChI is InChI=1S/C21H27N7O2/c1-26(2)20-24-16-5-4-14(10-17(16)25-20)18(29)23-15-11-28(12-15)19(30)21(13-22)6-8-27(3)9-7-21/h4-5,10,15H,6-9,11-12H2,1-3H3,(H,23,29)(H,24,25). The summed E-state index contributed by atoms with van der Waals surface area (Å²) in [6.07, 6.45) is 1.12. The first kappa shape index (κ1) is 20.2. The summed E-state index contributed by atoms with van der Waals surface area (Å²) in [5, 5.41) is 12.6. The van der Waals surface area contributed by atoms with Crippen molar-refractivity contribution in [2.45, 2.75) is 18.9 Å². The van der Waals surface area contributed by atoms with Crippen LogP contribution in [0.4, 0.5) is 5.95 Å². The zero-order valence-electron chi connectivity index (χ0n) is 17.6. The molecule has 0 radical (unpaired) electrons. The highest BCUT2D eigenvalue weighted by molar-refractivity contribution is 5.98. The second kappa shape index (κ2) is 7.61. The summed E-state index contributed by atoms with van der Waals surface area (Å²) in [6, 6.07) is 7.54. The molecule has 9 heteroatoms. The van der Waals surface area contributed by atoms with Crippen molar-refractivity contribution in [2.24, 2.45) is 5.41 Å². The molecule has 2 saturated heterocycles. The predicted molar refractivity (Wildman–Crippen MR) is 113 cm³/mol. The van der Waals surface area contributed by atoms with Crippen molar-refractivity contribution < 1.29 is 9.59 Å². The lowest BCUT2D eigenvalue weighted by molar-refractivity contribution is -0.146. The first-order chi connectivity index (χ1) is 14.3. The normalized spacial score (nSPS) is 19.2. The summed E-state index contributed by atoms with van der Waals surface area (Å²) in [6.45, 7) is 2.39. The van der Waals surface area contributed by atoms with Crippen LogP contribution >= 0.6 is 0 Å². The topological polar surface area (TPSA) is 108 Å². The number of piperidine rings is 1. The predicted octanol–water partition coefficient (Wildman–Crippen LogP) is 0.805. The van der Waals surface area contributed by atoms with Crippen molar-refractivity contribution >= 4 is 28.8 Å².